The Balaban J connectivity index is 1.74. The van der Waals surface area contributed by atoms with Gasteiger partial charge in [0, 0.05) is 50.5 Å². The Labute approximate surface area is 136 Å². The Hall–Kier alpha value is -2.08. The highest BCUT2D eigenvalue weighted by Crippen LogP contribution is 2.37. The zero-order chi connectivity index (χ0) is 16.4. The summed E-state index contributed by atoms with van der Waals surface area (Å²) in [4.78, 5) is 26.7. The number of anilines is 1. The molecule has 1 atom stereocenters. The standard InChI is InChI=1S/C17H23N3O3/c1-20(2)13-5-3-12(4-6-13)15(21)19-14-16(22)18-11-17(14)7-9-23-10-8-17/h3-6,14H,7-11H2,1-2H3,(H,18,22)(H,19,21). The average Bonchev–Trinajstić information content (AvgIpc) is 2.85. The van der Waals surface area contributed by atoms with Crippen molar-refractivity contribution in [2.75, 3.05) is 38.8 Å². The zero-order valence-electron chi connectivity index (χ0n) is 13.6. The van der Waals surface area contributed by atoms with E-state index in [0.29, 0.717) is 25.3 Å². The normalized spacial score (nSPS) is 22.7. The van der Waals surface area contributed by atoms with Gasteiger partial charge in [0.1, 0.15) is 6.04 Å². The Morgan fingerprint density at radius 3 is 2.52 bits per heavy atom. The number of carbonyl (C=O) groups excluding carboxylic acids is 2. The van der Waals surface area contributed by atoms with Crippen molar-refractivity contribution in [2.24, 2.45) is 5.41 Å². The fourth-order valence-electron chi connectivity index (χ4n) is 3.33. The maximum atomic E-state index is 12.5. The summed E-state index contributed by atoms with van der Waals surface area (Å²) in [5, 5.41) is 5.83. The highest BCUT2D eigenvalue weighted by Gasteiger charge is 2.49. The molecule has 0 bridgehead atoms. The molecule has 23 heavy (non-hydrogen) atoms. The number of rotatable bonds is 3. The first kappa shape index (κ1) is 15.8. The Kier molecular flexibility index (Phi) is 4.26. The van der Waals surface area contributed by atoms with Gasteiger partial charge >= 0.3 is 0 Å². The van der Waals surface area contributed by atoms with Crippen LogP contribution in [0.2, 0.25) is 0 Å². The van der Waals surface area contributed by atoms with Crippen LogP contribution >= 0.6 is 0 Å². The van der Waals surface area contributed by atoms with Gasteiger partial charge in [-0.3, -0.25) is 9.59 Å². The molecule has 2 N–H and O–H groups in total. The van der Waals surface area contributed by atoms with Gasteiger partial charge in [0.25, 0.3) is 5.91 Å². The van der Waals surface area contributed by atoms with E-state index in [1.807, 2.05) is 31.1 Å². The van der Waals surface area contributed by atoms with E-state index in [1.165, 1.54) is 0 Å². The lowest BCUT2D eigenvalue weighted by Gasteiger charge is -2.36. The lowest BCUT2D eigenvalue weighted by molar-refractivity contribution is -0.122. The lowest BCUT2D eigenvalue weighted by Crippen LogP contribution is -2.51. The van der Waals surface area contributed by atoms with E-state index in [1.54, 1.807) is 12.1 Å². The van der Waals surface area contributed by atoms with Gasteiger partial charge in [-0.15, -0.1) is 0 Å². The van der Waals surface area contributed by atoms with Crippen LogP contribution in [0, 0.1) is 5.41 Å². The summed E-state index contributed by atoms with van der Waals surface area (Å²) in [5.74, 6) is -0.298. The molecule has 0 radical (unpaired) electrons. The molecule has 2 aliphatic rings. The number of carbonyl (C=O) groups is 2. The topological polar surface area (TPSA) is 70.7 Å². The maximum absolute atomic E-state index is 12.5. The number of amides is 2. The second-order valence-electron chi connectivity index (χ2n) is 6.54. The van der Waals surface area contributed by atoms with Gasteiger partial charge < -0.3 is 20.3 Å². The van der Waals surface area contributed by atoms with Crippen molar-refractivity contribution in [1.82, 2.24) is 10.6 Å². The highest BCUT2D eigenvalue weighted by molar-refractivity contribution is 5.98. The van der Waals surface area contributed by atoms with Crippen molar-refractivity contribution in [2.45, 2.75) is 18.9 Å². The van der Waals surface area contributed by atoms with Crippen LogP contribution in [0.3, 0.4) is 0 Å². The summed E-state index contributed by atoms with van der Waals surface area (Å²) < 4.78 is 5.41. The second kappa shape index (κ2) is 6.20. The molecular formula is C17H23N3O3. The average molecular weight is 317 g/mol. The smallest absolute Gasteiger partial charge is 0.251 e. The van der Waals surface area contributed by atoms with Crippen molar-refractivity contribution >= 4 is 17.5 Å². The Bertz CT molecular complexity index is 592. The third-order valence-electron chi connectivity index (χ3n) is 4.90. The Morgan fingerprint density at radius 2 is 1.91 bits per heavy atom. The number of hydrogen-bond acceptors (Lipinski definition) is 4. The van der Waals surface area contributed by atoms with Crippen molar-refractivity contribution in [3.05, 3.63) is 29.8 Å². The van der Waals surface area contributed by atoms with Gasteiger partial charge in [0.15, 0.2) is 0 Å². The van der Waals surface area contributed by atoms with Gasteiger partial charge in [-0.25, -0.2) is 0 Å². The second-order valence-corrected chi connectivity index (χ2v) is 6.54. The van der Waals surface area contributed by atoms with Crippen molar-refractivity contribution in [1.29, 1.82) is 0 Å². The lowest BCUT2D eigenvalue weighted by atomic mass is 9.76. The monoisotopic (exact) mass is 317 g/mol. The minimum absolute atomic E-state index is 0.0924. The number of hydrogen-bond donors (Lipinski definition) is 2. The van der Waals surface area contributed by atoms with Crippen molar-refractivity contribution in [3.8, 4) is 0 Å². The van der Waals surface area contributed by atoms with E-state index in [9.17, 15) is 9.59 Å². The fourth-order valence-corrected chi connectivity index (χ4v) is 3.33. The molecule has 3 rings (SSSR count). The third-order valence-corrected chi connectivity index (χ3v) is 4.90. The molecule has 1 spiro atoms. The molecule has 6 heteroatoms. The predicted molar refractivity (Wildman–Crippen MR) is 87.5 cm³/mol. The van der Waals surface area contributed by atoms with Crippen LogP contribution in [0.1, 0.15) is 23.2 Å². The van der Waals surface area contributed by atoms with Crippen LogP contribution in [-0.2, 0) is 9.53 Å². The molecule has 2 aliphatic heterocycles. The van der Waals surface area contributed by atoms with Crippen molar-refractivity contribution in [3.63, 3.8) is 0 Å². The summed E-state index contributed by atoms with van der Waals surface area (Å²) in [6, 6.07) is 6.89. The quantitative estimate of drug-likeness (QED) is 0.864. The molecule has 0 saturated carbocycles. The SMILES string of the molecule is CN(C)c1ccc(C(=O)NC2C(=O)NCC23CCOCC3)cc1. The van der Waals surface area contributed by atoms with Crippen LogP contribution in [0.4, 0.5) is 5.69 Å². The van der Waals surface area contributed by atoms with E-state index in [2.05, 4.69) is 10.6 Å². The Morgan fingerprint density at radius 1 is 1.26 bits per heavy atom. The molecule has 0 aromatic heterocycles. The van der Waals surface area contributed by atoms with Crippen molar-refractivity contribution < 1.29 is 14.3 Å². The summed E-state index contributed by atoms with van der Waals surface area (Å²) in [7, 11) is 3.90. The number of nitrogens with zero attached hydrogens (tertiary/aromatic N) is 1. The largest absolute Gasteiger partial charge is 0.381 e. The first-order valence-corrected chi connectivity index (χ1v) is 7.96. The highest BCUT2D eigenvalue weighted by atomic mass is 16.5. The van der Waals surface area contributed by atoms with Gasteiger partial charge in [-0.1, -0.05) is 0 Å². The first-order valence-electron chi connectivity index (χ1n) is 7.96. The number of ether oxygens (including phenoxy) is 1. The molecule has 1 aromatic carbocycles. The van der Waals surface area contributed by atoms with E-state index < -0.39 is 6.04 Å². The van der Waals surface area contributed by atoms with E-state index in [0.717, 1.165) is 18.5 Å². The van der Waals surface area contributed by atoms with Crippen LogP contribution in [-0.4, -0.2) is 51.7 Å². The molecule has 2 fully saturated rings. The third kappa shape index (κ3) is 3.03. The molecular weight excluding hydrogens is 294 g/mol. The number of benzene rings is 1. The molecule has 1 unspecified atom stereocenters. The first-order chi connectivity index (χ1) is 11.0. The zero-order valence-corrected chi connectivity index (χ0v) is 13.6. The molecule has 0 aliphatic carbocycles. The minimum Gasteiger partial charge on any atom is -0.381 e. The van der Waals surface area contributed by atoms with Crippen LogP contribution in [0.25, 0.3) is 0 Å². The van der Waals surface area contributed by atoms with E-state index in [-0.39, 0.29) is 17.2 Å². The summed E-state index contributed by atoms with van der Waals surface area (Å²) in [5.41, 5.74) is 1.38. The van der Waals surface area contributed by atoms with Gasteiger partial charge in [-0.05, 0) is 37.1 Å². The number of nitrogens with one attached hydrogen (secondary N) is 2. The summed E-state index contributed by atoms with van der Waals surface area (Å²) >= 11 is 0. The fraction of sp³-hybridized carbons (Fsp3) is 0.529. The van der Waals surface area contributed by atoms with Crippen LogP contribution in [0.15, 0.2) is 24.3 Å². The molecule has 1 aromatic rings. The molecule has 2 heterocycles. The minimum atomic E-state index is -0.479. The molecule has 2 saturated heterocycles. The van der Waals surface area contributed by atoms with E-state index >= 15 is 0 Å². The predicted octanol–water partition coefficient (Wildman–Crippen LogP) is 0.778. The summed E-state index contributed by atoms with van der Waals surface area (Å²) in [6.07, 6.45) is 1.58. The molecule has 124 valence electrons. The van der Waals surface area contributed by atoms with Gasteiger partial charge in [0.2, 0.25) is 5.91 Å². The molecule has 6 nitrogen and oxygen atoms in total. The van der Waals surface area contributed by atoms with Crippen LogP contribution < -0.4 is 15.5 Å². The molecule has 2 amide bonds. The summed E-state index contributed by atoms with van der Waals surface area (Å²) in [6.45, 7) is 1.89. The van der Waals surface area contributed by atoms with E-state index in [4.69, 9.17) is 4.74 Å². The van der Waals surface area contributed by atoms with Gasteiger partial charge in [0.05, 0.1) is 0 Å². The van der Waals surface area contributed by atoms with Gasteiger partial charge in [-0.2, -0.15) is 0 Å². The van der Waals surface area contributed by atoms with Crippen LogP contribution in [0.5, 0.6) is 0 Å². The maximum Gasteiger partial charge on any atom is 0.251 e.